The van der Waals surface area contributed by atoms with E-state index >= 15 is 4.39 Å². The third kappa shape index (κ3) is 6.58. The van der Waals surface area contributed by atoms with Crippen molar-refractivity contribution in [2.45, 2.75) is 25.9 Å². The predicted molar refractivity (Wildman–Crippen MR) is 161 cm³/mol. The molecule has 0 saturated heterocycles. The molecule has 5 aromatic rings. The fourth-order valence-corrected chi connectivity index (χ4v) is 4.64. The molecule has 45 heavy (non-hydrogen) atoms. The van der Waals surface area contributed by atoms with Gasteiger partial charge in [0, 0.05) is 37.3 Å². The summed E-state index contributed by atoms with van der Waals surface area (Å²) in [5.41, 5.74) is -2.38. The molecule has 0 aliphatic rings. The number of anilines is 2. The number of methoxy groups -OCH3 is 1. The molecular weight excluding hydrogens is 592 g/mol. The summed E-state index contributed by atoms with van der Waals surface area (Å²) in [6.45, 7) is 3.53. The van der Waals surface area contributed by atoms with Crippen molar-refractivity contribution >= 4 is 28.4 Å². The van der Waals surface area contributed by atoms with Gasteiger partial charge >= 0.3 is 5.69 Å². The lowest BCUT2D eigenvalue weighted by atomic mass is 10.1. The Labute approximate surface area is 254 Å². The average Bonchev–Trinajstić information content (AvgIpc) is 3.39. The average molecular weight is 622 g/mol. The van der Waals surface area contributed by atoms with Crippen LogP contribution >= 0.6 is 0 Å². The summed E-state index contributed by atoms with van der Waals surface area (Å²) in [5, 5.41) is 22.7. The number of hydrogen-bond donors (Lipinski definition) is 4. The van der Waals surface area contributed by atoms with E-state index in [1.165, 1.54) is 30.5 Å². The first-order valence-electron chi connectivity index (χ1n) is 13.6. The van der Waals surface area contributed by atoms with Crippen LogP contribution in [0.15, 0.2) is 70.5 Å². The minimum absolute atomic E-state index is 0.00986. The van der Waals surface area contributed by atoms with Crippen LogP contribution in [0.2, 0.25) is 0 Å². The van der Waals surface area contributed by atoms with Crippen molar-refractivity contribution in [3.63, 3.8) is 0 Å². The number of amides is 1. The van der Waals surface area contributed by atoms with E-state index in [1.807, 2.05) is 13.8 Å². The van der Waals surface area contributed by atoms with Crippen LogP contribution in [0.4, 0.5) is 20.3 Å². The molecule has 0 bridgehead atoms. The number of hydrogen-bond acceptors (Lipinski definition) is 9. The van der Waals surface area contributed by atoms with Gasteiger partial charge in [-0.05, 0) is 50.2 Å². The van der Waals surface area contributed by atoms with Gasteiger partial charge in [-0.25, -0.2) is 23.1 Å². The number of H-pyrrole nitrogens is 1. The summed E-state index contributed by atoms with van der Waals surface area (Å²) in [6.07, 6.45) is 2.48. The van der Waals surface area contributed by atoms with Gasteiger partial charge in [-0.2, -0.15) is 5.10 Å². The Morgan fingerprint density at radius 3 is 2.53 bits per heavy atom. The molecule has 0 unspecified atom stereocenters. The van der Waals surface area contributed by atoms with Crippen molar-refractivity contribution in [3.05, 3.63) is 99.0 Å². The quantitative estimate of drug-likeness (QED) is 0.173. The van der Waals surface area contributed by atoms with E-state index in [0.717, 1.165) is 29.0 Å². The summed E-state index contributed by atoms with van der Waals surface area (Å²) in [4.78, 5) is 43.6. The number of nitrogens with zero attached hydrogens (tertiary/aromatic N) is 4. The van der Waals surface area contributed by atoms with Gasteiger partial charge in [-0.3, -0.25) is 19.3 Å². The van der Waals surface area contributed by atoms with Gasteiger partial charge in [0.05, 0.1) is 31.0 Å². The van der Waals surface area contributed by atoms with E-state index in [-0.39, 0.29) is 29.4 Å². The van der Waals surface area contributed by atoms with Crippen molar-refractivity contribution < 1.29 is 28.2 Å². The second-order valence-corrected chi connectivity index (χ2v) is 10.6. The molecule has 0 aliphatic carbocycles. The van der Waals surface area contributed by atoms with Crippen LogP contribution in [0, 0.1) is 11.6 Å². The summed E-state index contributed by atoms with van der Waals surface area (Å²) in [7, 11) is 1.58. The Bertz CT molecular complexity index is 1990. The molecule has 0 spiro atoms. The Balaban J connectivity index is 1.42. The summed E-state index contributed by atoms with van der Waals surface area (Å²) in [5.74, 6) is -1.85. The minimum Gasteiger partial charge on any atom is -0.453 e. The van der Waals surface area contributed by atoms with Crippen LogP contribution in [0.25, 0.3) is 16.7 Å². The number of carbonyl (C=O) groups excluding carboxylic acids is 1. The van der Waals surface area contributed by atoms with Crippen molar-refractivity contribution in [3.8, 4) is 17.2 Å². The largest absolute Gasteiger partial charge is 0.453 e. The van der Waals surface area contributed by atoms with Crippen LogP contribution in [0.1, 0.15) is 24.2 Å². The van der Waals surface area contributed by atoms with Gasteiger partial charge in [-0.15, -0.1) is 0 Å². The van der Waals surface area contributed by atoms with Gasteiger partial charge in [0.25, 0.3) is 11.5 Å². The van der Waals surface area contributed by atoms with Gasteiger partial charge in [0.15, 0.2) is 23.0 Å². The zero-order chi connectivity index (χ0) is 32.3. The van der Waals surface area contributed by atoms with Gasteiger partial charge in [0.2, 0.25) is 0 Å². The maximum atomic E-state index is 15.3. The Hall–Kier alpha value is -5.41. The Morgan fingerprint density at radius 2 is 1.84 bits per heavy atom. The first-order valence-corrected chi connectivity index (χ1v) is 13.6. The Morgan fingerprint density at radius 1 is 1.09 bits per heavy atom. The van der Waals surface area contributed by atoms with Crippen molar-refractivity contribution in [1.29, 1.82) is 0 Å². The van der Waals surface area contributed by atoms with Gasteiger partial charge in [0.1, 0.15) is 22.5 Å². The van der Waals surface area contributed by atoms with Crippen molar-refractivity contribution in [2.75, 3.05) is 31.0 Å². The van der Waals surface area contributed by atoms with Crippen molar-refractivity contribution in [2.24, 2.45) is 0 Å². The molecule has 3 heterocycles. The highest BCUT2D eigenvalue weighted by atomic mass is 19.1. The number of halogens is 2. The highest BCUT2D eigenvalue weighted by Crippen LogP contribution is 2.35. The number of aromatic amines is 1. The molecule has 2 aromatic carbocycles. The van der Waals surface area contributed by atoms with E-state index in [9.17, 15) is 23.9 Å². The van der Waals surface area contributed by atoms with E-state index in [1.54, 1.807) is 13.2 Å². The third-order valence-corrected chi connectivity index (χ3v) is 6.62. The number of rotatable bonds is 11. The minimum atomic E-state index is -0.987. The first kappa shape index (κ1) is 31.0. The molecule has 0 atom stereocenters. The zero-order valence-electron chi connectivity index (χ0n) is 24.4. The van der Waals surface area contributed by atoms with E-state index in [2.05, 4.69) is 25.8 Å². The number of nitrogens with one attached hydrogen (secondary N) is 3. The standard InChI is InChI=1S/C30H29F2N7O6/c1-30(2,16-44-3)35-26-24-23(10-11-33-25(24)36-37-26)45-22-9-6-18(14-21(22)32)34-27(41)20-15-38(12-13-40)29(43)39(28(20)42)19-7-4-17(31)5-8-19/h4-11,14-15,40H,12-13,16H2,1-3H3,(H,34,41)(H2,33,35,36,37). The summed E-state index contributed by atoms with van der Waals surface area (Å²) < 4.78 is 41.6. The van der Waals surface area contributed by atoms with Crippen LogP contribution in [-0.2, 0) is 11.3 Å². The fraction of sp³-hybridized carbons (Fsp3) is 0.233. The highest BCUT2D eigenvalue weighted by Gasteiger charge is 2.23. The number of ether oxygens (including phenoxy) is 2. The van der Waals surface area contributed by atoms with E-state index in [0.29, 0.717) is 28.0 Å². The molecule has 4 N–H and O–H groups in total. The highest BCUT2D eigenvalue weighted by molar-refractivity contribution is 6.04. The number of aliphatic hydroxyl groups excluding tert-OH is 1. The van der Waals surface area contributed by atoms with Crippen LogP contribution < -0.4 is 26.6 Å². The molecule has 15 heteroatoms. The van der Waals surface area contributed by atoms with Crippen LogP contribution in [0.5, 0.6) is 11.5 Å². The molecule has 13 nitrogen and oxygen atoms in total. The molecular formula is C30H29F2N7O6. The van der Waals surface area contributed by atoms with Crippen molar-refractivity contribution in [1.82, 2.24) is 24.3 Å². The molecule has 1 amide bonds. The molecule has 0 radical (unpaired) electrons. The molecule has 3 aromatic heterocycles. The fourth-order valence-electron chi connectivity index (χ4n) is 4.64. The van der Waals surface area contributed by atoms with E-state index < -0.39 is 46.5 Å². The number of aliphatic hydroxyl groups is 1. The number of pyridine rings is 1. The second-order valence-electron chi connectivity index (χ2n) is 10.6. The lowest BCUT2D eigenvalue weighted by Gasteiger charge is -2.25. The third-order valence-electron chi connectivity index (χ3n) is 6.62. The normalized spacial score (nSPS) is 11.5. The number of benzene rings is 2. The maximum absolute atomic E-state index is 15.3. The lowest BCUT2D eigenvalue weighted by Crippen LogP contribution is -2.42. The second kappa shape index (κ2) is 12.7. The monoisotopic (exact) mass is 621 g/mol. The van der Waals surface area contributed by atoms with Crippen LogP contribution in [-0.4, -0.2) is 61.2 Å². The van der Waals surface area contributed by atoms with Gasteiger partial charge < -0.3 is 25.2 Å². The number of carbonyl (C=O) groups is 1. The van der Waals surface area contributed by atoms with Crippen LogP contribution in [0.3, 0.4) is 0 Å². The topological polar surface area (TPSA) is 165 Å². The smallest absolute Gasteiger partial charge is 0.335 e. The first-order chi connectivity index (χ1) is 21.5. The SMILES string of the molecule is COCC(C)(C)Nc1n[nH]c2nccc(Oc3ccc(NC(=O)c4cn(CCO)c(=O)n(-c5ccc(F)cc5)c4=O)cc3F)c12. The Kier molecular flexibility index (Phi) is 8.74. The molecule has 0 fully saturated rings. The lowest BCUT2D eigenvalue weighted by molar-refractivity contribution is 0.102. The molecule has 0 saturated carbocycles. The predicted octanol–water partition coefficient (Wildman–Crippen LogP) is 3.42. The number of fused-ring (bicyclic) bond motifs is 1. The molecule has 5 rings (SSSR count). The van der Waals surface area contributed by atoms with E-state index in [4.69, 9.17) is 9.47 Å². The molecule has 0 aliphatic heterocycles. The zero-order valence-corrected chi connectivity index (χ0v) is 24.4. The summed E-state index contributed by atoms with van der Waals surface area (Å²) >= 11 is 0. The molecule has 234 valence electrons. The van der Waals surface area contributed by atoms with Gasteiger partial charge in [-0.1, -0.05) is 0 Å². The summed E-state index contributed by atoms with van der Waals surface area (Å²) in [6, 6.07) is 9.74. The maximum Gasteiger partial charge on any atom is 0.335 e. The number of aromatic nitrogens is 5.